The molecule has 10 heteroatoms. The van der Waals surface area contributed by atoms with Gasteiger partial charge in [0, 0.05) is 25.5 Å². The van der Waals surface area contributed by atoms with Gasteiger partial charge in [-0.2, -0.15) is 0 Å². The summed E-state index contributed by atoms with van der Waals surface area (Å²) in [5.74, 6) is -1.66. The smallest absolute Gasteiger partial charge is 0.245 e. The van der Waals surface area contributed by atoms with Crippen LogP contribution in [-0.2, 0) is 17.9 Å². The summed E-state index contributed by atoms with van der Waals surface area (Å²) in [7, 11) is 0. The number of imidazole rings is 1. The molecule has 0 saturated carbocycles. The minimum Gasteiger partial charge on any atom is -0.337 e. The van der Waals surface area contributed by atoms with Crippen molar-refractivity contribution >= 4 is 5.91 Å². The predicted octanol–water partition coefficient (Wildman–Crippen LogP) is 1.17. The molecule has 1 amide bonds. The van der Waals surface area contributed by atoms with Gasteiger partial charge in [0.15, 0.2) is 17.5 Å². The third kappa shape index (κ3) is 2.93. The highest BCUT2D eigenvalue weighted by atomic mass is 19.2. The zero-order valence-electron chi connectivity index (χ0n) is 13.7. The van der Waals surface area contributed by atoms with Crippen molar-refractivity contribution in [1.82, 2.24) is 34.7 Å². The van der Waals surface area contributed by atoms with E-state index in [-0.39, 0.29) is 12.5 Å². The van der Waals surface area contributed by atoms with Crippen molar-refractivity contribution in [2.75, 3.05) is 6.54 Å². The Balaban J connectivity index is 1.63. The summed E-state index contributed by atoms with van der Waals surface area (Å²) in [4.78, 5) is 18.2. The average molecular weight is 359 g/mol. The Bertz CT molecular complexity index is 925. The first kappa shape index (κ1) is 16.3. The third-order valence-electron chi connectivity index (χ3n) is 4.36. The molecule has 8 nitrogen and oxygen atoms in total. The van der Waals surface area contributed by atoms with E-state index in [1.807, 2.05) is 10.8 Å². The van der Waals surface area contributed by atoms with E-state index in [2.05, 4.69) is 20.5 Å². The quantitative estimate of drug-likeness (QED) is 0.683. The van der Waals surface area contributed by atoms with Crippen LogP contribution >= 0.6 is 0 Å². The number of aryl methyl sites for hydroxylation is 1. The van der Waals surface area contributed by atoms with Crippen LogP contribution in [0.3, 0.4) is 0 Å². The van der Waals surface area contributed by atoms with Crippen molar-refractivity contribution in [3.63, 3.8) is 0 Å². The highest BCUT2D eigenvalue weighted by Crippen LogP contribution is 2.31. The maximum atomic E-state index is 13.8. The highest BCUT2D eigenvalue weighted by Gasteiger charge is 2.36. The lowest BCUT2D eigenvalue weighted by Crippen LogP contribution is -2.44. The molecule has 0 radical (unpaired) electrons. The van der Waals surface area contributed by atoms with Crippen LogP contribution in [0.25, 0.3) is 0 Å². The maximum absolute atomic E-state index is 13.8. The minimum absolute atomic E-state index is 0.0214. The Labute approximate surface area is 147 Å². The van der Waals surface area contributed by atoms with Crippen LogP contribution in [0, 0.1) is 11.6 Å². The second kappa shape index (κ2) is 6.62. The topological polar surface area (TPSA) is 81.7 Å². The number of carbonyl (C=O) groups excluding carboxylic acids is 1. The van der Waals surface area contributed by atoms with Crippen molar-refractivity contribution in [2.24, 2.45) is 0 Å². The van der Waals surface area contributed by atoms with E-state index in [0.717, 1.165) is 12.1 Å². The Morgan fingerprint density at radius 1 is 1.19 bits per heavy atom. The molecule has 0 fully saturated rings. The molecule has 1 aromatic carbocycles. The number of aromatic nitrogens is 6. The van der Waals surface area contributed by atoms with Crippen molar-refractivity contribution in [3.8, 4) is 0 Å². The van der Waals surface area contributed by atoms with Crippen molar-refractivity contribution in [1.29, 1.82) is 0 Å². The van der Waals surface area contributed by atoms with Gasteiger partial charge in [0.05, 0.1) is 6.33 Å². The number of rotatable bonds is 5. The molecule has 0 N–H and O–H groups in total. The molecule has 0 saturated heterocycles. The zero-order chi connectivity index (χ0) is 18.1. The molecule has 4 rings (SSSR count). The number of hydrogen-bond donors (Lipinski definition) is 0. The highest BCUT2D eigenvalue weighted by molar-refractivity contribution is 5.78. The molecule has 0 aliphatic carbocycles. The summed E-state index contributed by atoms with van der Waals surface area (Å²) in [6, 6.07) is 2.91. The van der Waals surface area contributed by atoms with Crippen LogP contribution in [-0.4, -0.2) is 47.1 Å². The first-order valence-electron chi connectivity index (χ1n) is 8.09. The van der Waals surface area contributed by atoms with E-state index in [0.29, 0.717) is 30.9 Å². The minimum atomic E-state index is -0.974. The van der Waals surface area contributed by atoms with Gasteiger partial charge in [-0.05, 0) is 34.5 Å². The van der Waals surface area contributed by atoms with Gasteiger partial charge in [-0.3, -0.25) is 4.79 Å². The van der Waals surface area contributed by atoms with E-state index < -0.39 is 17.7 Å². The molecule has 1 aliphatic heterocycles. The fourth-order valence-electron chi connectivity index (χ4n) is 3.13. The van der Waals surface area contributed by atoms with Gasteiger partial charge in [0.25, 0.3) is 0 Å². The molecule has 26 heavy (non-hydrogen) atoms. The number of tetrazole rings is 1. The molecule has 2 aromatic heterocycles. The number of carbonyl (C=O) groups is 1. The summed E-state index contributed by atoms with van der Waals surface area (Å²) in [6.07, 6.45) is 5.89. The van der Waals surface area contributed by atoms with Gasteiger partial charge in [-0.15, -0.1) is 5.10 Å². The van der Waals surface area contributed by atoms with E-state index in [1.165, 1.54) is 10.7 Å². The Morgan fingerprint density at radius 2 is 2.08 bits per heavy atom. The van der Waals surface area contributed by atoms with Crippen LogP contribution in [0.2, 0.25) is 0 Å². The molecule has 0 spiro atoms. The lowest BCUT2D eigenvalue weighted by atomic mass is 10.0. The predicted molar refractivity (Wildman–Crippen MR) is 84.6 cm³/mol. The number of benzene rings is 1. The van der Waals surface area contributed by atoms with Crippen molar-refractivity contribution < 1.29 is 13.6 Å². The molecule has 3 heterocycles. The van der Waals surface area contributed by atoms with Gasteiger partial charge in [0.1, 0.15) is 12.6 Å². The van der Waals surface area contributed by atoms with Crippen molar-refractivity contribution in [2.45, 2.75) is 25.6 Å². The first-order chi connectivity index (χ1) is 12.6. The van der Waals surface area contributed by atoms with E-state index in [1.54, 1.807) is 17.4 Å². The van der Waals surface area contributed by atoms with Gasteiger partial charge in [-0.1, -0.05) is 6.07 Å². The van der Waals surface area contributed by atoms with Gasteiger partial charge in [-0.25, -0.2) is 18.4 Å². The van der Waals surface area contributed by atoms with E-state index in [9.17, 15) is 13.6 Å². The van der Waals surface area contributed by atoms with E-state index >= 15 is 0 Å². The SMILES string of the molecule is O=C1Cn2nnnc2C(c2ccc(F)c(F)c2)N1CCCn1ccnc1. The summed E-state index contributed by atoms with van der Waals surface area (Å²) in [6.45, 7) is 1.13. The fraction of sp³-hybridized carbons (Fsp3) is 0.312. The average Bonchev–Trinajstić information content (AvgIpc) is 3.29. The zero-order valence-corrected chi connectivity index (χ0v) is 13.7. The van der Waals surface area contributed by atoms with Crippen molar-refractivity contribution in [3.05, 3.63) is 59.9 Å². The second-order valence-electron chi connectivity index (χ2n) is 6.01. The van der Waals surface area contributed by atoms with Gasteiger partial charge < -0.3 is 9.47 Å². The number of hydrogen-bond acceptors (Lipinski definition) is 5. The Hall–Kier alpha value is -3.17. The van der Waals surface area contributed by atoms with Crippen LogP contribution in [0.15, 0.2) is 36.9 Å². The Kier molecular flexibility index (Phi) is 4.15. The summed E-state index contributed by atoms with van der Waals surface area (Å²) < 4.78 is 30.4. The molecular formula is C16H15F2N7O. The largest absolute Gasteiger partial charge is 0.337 e. The molecular weight excluding hydrogens is 344 g/mol. The van der Waals surface area contributed by atoms with Crippen LogP contribution in [0.4, 0.5) is 8.78 Å². The molecule has 134 valence electrons. The van der Waals surface area contributed by atoms with Gasteiger partial charge in [0.2, 0.25) is 5.91 Å². The standard InChI is InChI=1S/C16H15F2N7O/c17-12-3-2-11(8-13(12)18)15-16-20-21-22-25(16)9-14(26)24(15)6-1-5-23-7-4-19-10-23/h2-4,7-8,10,15H,1,5-6,9H2. The summed E-state index contributed by atoms with van der Waals surface area (Å²) in [5, 5.41) is 11.4. The molecule has 1 aliphatic rings. The fourth-order valence-corrected chi connectivity index (χ4v) is 3.13. The van der Waals surface area contributed by atoms with Gasteiger partial charge >= 0.3 is 0 Å². The van der Waals surface area contributed by atoms with Crippen LogP contribution < -0.4 is 0 Å². The first-order valence-corrected chi connectivity index (χ1v) is 8.09. The normalized spacial score (nSPS) is 16.8. The molecule has 1 atom stereocenters. The number of nitrogens with zero attached hydrogens (tertiary/aromatic N) is 7. The lowest BCUT2D eigenvalue weighted by Gasteiger charge is -2.34. The molecule has 0 bridgehead atoms. The maximum Gasteiger partial charge on any atom is 0.245 e. The Morgan fingerprint density at radius 3 is 2.85 bits per heavy atom. The second-order valence-corrected chi connectivity index (χ2v) is 6.01. The number of amides is 1. The molecule has 3 aromatic rings. The number of fused-ring (bicyclic) bond motifs is 1. The van der Waals surface area contributed by atoms with Crippen LogP contribution in [0.1, 0.15) is 23.9 Å². The lowest BCUT2D eigenvalue weighted by molar-refractivity contribution is -0.136. The summed E-state index contributed by atoms with van der Waals surface area (Å²) >= 11 is 0. The van der Waals surface area contributed by atoms with Crippen LogP contribution in [0.5, 0.6) is 0 Å². The number of halogens is 2. The third-order valence-corrected chi connectivity index (χ3v) is 4.36. The molecule has 1 unspecified atom stereocenters. The van der Waals surface area contributed by atoms with E-state index in [4.69, 9.17) is 0 Å². The monoisotopic (exact) mass is 359 g/mol. The summed E-state index contributed by atoms with van der Waals surface area (Å²) in [5.41, 5.74) is 0.427.